The SMILES string of the molecule is O=C(CCCSc1ccc(F)cc1)N(Cc1ccncc1)c1nc2c(F)cc(F)cc2s1. The van der Waals surface area contributed by atoms with E-state index in [1.165, 1.54) is 23.1 Å². The van der Waals surface area contributed by atoms with E-state index in [1.807, 2.05) is 0 Å². The smallest absolute Gasteiger partial charge is 0.229 e. The van der Waals surface area contributed by atoms with Crippen LogP contribution in [0.2, 0.25) is 0 Å². The first-order valence-electron chi connectivity index (χ1n) is 9.83. The van der Waals surface area contributed by atoms with Gasteiger partial charge in [-0.2, -0.15) is 0 Å². The Labute approximate surface area is 191 Å². The van der Waals surface area contributed by atoms with E-state index in [0.717, 1.165) is 27.9 Å². The van der Waals surface area contributed by atoms with Gasteiger partial charge in [0.15, 0.2) is 10.9 Å². The molecule has 0 saturated heterocycles. The molecule has 9 heteroatoms. The van der Waals surface area contributed by atoms with Crippen molar-refractivity contribution in [1.29, 1.82) is 0 Å². The number of carbonyl (C=O) groups is 1. The van der Waals surface area contributed by atoms with E-state index in [-0.39, 0.29) is 30.2 Å². The van der Waals surface area contributed by atoms with Crippen LogP contribution in [0.25, 0.3) is 10.2 Å². The van der Waals surface area contributed by atoms with Gasteiger partial charge >= 0.3 is 0 Å². The van der Waals surface area contributed by atoms with Gasteiger partial charge in [0, 0.05) is 29.8 Å². The summed E-state index contributed by atoms with van der Waals surface area (Å²) in [6, 6.07) is 11.8. The van der Waals surface area contributed by atoms with Gasteiger partial charge in [-0.3, -0.25) is 14.7 Å². The van der Waals surface area contributed by atoms with Gasteiger partial charge in [-0.05, 0) is 60.2 Å². The molecule has 0 bridgehead atoms. The average molecular weight is 474 g/mol. The number of nitrogens with zero attached hydrogens (tertiary/aromatic N) is 3. The molecule has 0 aliphatic carbocycles. The van der Waals surface area contributed by atoms with E-state index >= 15 is 0 Å². The van der Waals surface area contributed by atoms with Gasteiger partial charge in [0.1, 0.15) is 17.2 Å². The molecule has 2 aromatic carbocycles. The van der Waals surface area contributed by atoms with Crippen molar-refractivity contribution in [3.63, 3.8) is 0 Å². The van der Waals surface area contributed by atoms with Crippen molar-refractivity contribution >= 4 is 44.4 Å². The number of amides is 1. The third-order valence-electron chi connectivity index (χ3n) is 4.64. The monoisotopic (exact) mass is 473 g/mol. The predicted octanol–water partition coefficient (Wildman–Crippen LogP) is 6.21. The van der Waals surface area contributed by atoms with Crippen molar-refractivity contribution in [3.8, 4) is 0 Å². The zero-order chi connectivity index (χ0) is 22.5. The van der Waals surface area contributed by atoms with Crippen LogP contribution < -0.4 is 4.90 Å². The number of pyridine rings is 1. The zero-order valence-corrected chi connectivity index (χ0v) is 18.4. The van der Waals surface area contributed by atoms with Gasteiger partial charge in [-0.25, -0.2) is 18.2 Å². The molecule has 0 unspecified atom stereocenters. The summed E-state index contributed by atoms with van der Waals surface area (Å²) in [5.74, 6) is -1.21. The number of halogens is 3. The molecule has 0 aliphatic heterocycles. The second-order valence-electron chi connectivity index (χ2n) is 6.97. The molecule has 164 valence electrons. The number of fused-ring (bicyclic) bond motifs is 1. The van der Waals surface area contributed by atoms with Crippen LogP contribution >= 0.6 is 23.1 Å². The number of benzene rings is 2. The number of carbonyl (C=O) groups excluding carboxylic acids is 1. The maximum atomic E-state index is 14.2. The number of thiazole rings is 1. The van der Waals surface area contributed by atoms with Crippen LogP contribution in [0.1, 0.15) is 18.4 Å². The second kappa shape index (κ2) is 10.1. The lowest BCUT2D eigenvalue weighted by molar-refractivity contribution is -0.118. The van der Waals surface area contributed by atoms with Gasteiger partial charge < -0.3 is 0 Å². The Morgan fingerprint density at radius 3 is 2.50 bits per heavy atom. The lowest BCUT2D eigenvalue weighted by Crippen LogP contribution is -2.30. The van der Waals surface area contributed by atoms with Crippen molar-refractivity contribution in [1.82, 2.24) is 9.97 Å². The molecule has 2 aromatic heterocycles. The van der Waals surface area contributed by atoms with E-state index in [2.05, 4.69) is 9.97 Å². The molecule has 0 atom stereocenters. The van der Waals surface area contributed by atoms with E-state index in [9.17, 15) is 18.0 Å². The largest absolute Gasteiger partial charge is 0.284 e. The maximum Gasteiger partial charge on any atom is 0.229 e. The highest BCUT2D eigenvalue weighted by atomic mass is 32.2. The highest BCUT2D eigenvalue weighted by molar-refractivity contribution is 7.99. The summed E-state index contributed by atoms with van der Waals surface area (Å²) in [6.07, 6.45) is 4.11. The van der Waals surface area contributed by atoms with E-state index in [1.54, 1.807) is 48.4 Å². The molecule has 0 fully saturated rings. The third-order valence-corrected chi connectivity index (χ3v) is 6.76. The second-order valence-corrected chi connectivity index (χ2v) is 9.15. The Morgan fingerprint density at radius 1 is 1.00 bits per heavy atom. The molecule has 1 amide bonds. The quantitative estimate of drug-likeness (QED) is 0.225. The summed E-state index contributed by atoms with van der Waals surface area (Å²) >= 11 is 2.62. The van der Waals surface area contributed by atoms with Crippen molar-refractivity contribution in [2.45, 2.75) is 24.3 Å². The van der Waals surface area contributed by atoms with E-state index < -0.39 is 11.6 Å². The number of aromatic nitrogens is 2. The lowest BCUT2D eigenvalue weighted by Gasteiger charge is -2.20. The molecular formula is C23H18F3N3OS2. The molecule has 32 heavy (non-hydrogen) atoms. The molecule has 4 aromatic rings. The van der Waals surface area contributed by atoms with Crippen molar-refractivity contribution in [3.05, 3.63) is 83.9 Å². The van der Waals surface area contributed by atoms with Gasteiger partial charge in [0.25, 0.3) is 0 Å². The topological polar surface area (TPSA) is 46.1 Å². The number of hydrogen-bond acceptors (Lipinski definition) is 5. The van der Waals surface area contributed by atoms with Crippen molar-refractivity contribution in [2.24, 2.45) is 0 Å². The van der Waals surface area contributed by atoms with Crippen LogP contribution in [0.3, 0.4) is 0 Å². The Hall–Kier alpha value is -2.91. The van der Waals surface area contributed by atoms with Crippen LogP contribution in [0, 0.1) is 17.5 Å². The van der Waals surface area contributed by atoms with E-state index in [4.69, 9.17) is 0 Å². The van der Waals surface area contributed by atoms with Crippen LogP contribution in [-0.2, 0) is 11.3 Å². The first-order valence-corrected chi connectivity index (χ1v) is 11.6. The minimum atomic E-state index is -0.755. The fourth-order valence-electron chi connectivity index (χ4n) is 3.07. The third kappa shape index (κ3) is 5.46. The van der Waals surface area contributed by atoms with E-state index in [0.29, 0.717) is 22.0 Å². The molecule has 4 rings (SSSR count). The number of thioether (sulfide) groups is 1. The summed E-state index contributed by atoms with van der Waals surface area (Å²) in [5, 5.41) is 0.317. The molecular weight excluding hydrogens is 455 g/mol. The molecule has 0 saturated carbocycles. The minimum Gasteiger partial charge on any atom is -0.284 e. The zero-order valence-electron chi connectivity index (χ0n) is 16.8. The van der Waals surface area contributed by atoms with Crippen molar-refractivity contribution < 1.29 is 18.0 Å². The average Bonchev–Trinajstić information content (AvgIpc) is 3.21. The fraction of sp³-hybridized carbons (Fsp3) is 0.174. The fourth-order valence-corrected chi connectivity index (χ4v) is 4.95. The van der Waals surface area contributed by atoms with Crippen LogP contribution in [0.15, 0.2) is 65.8 Å². The molecule has 0 aliphatic rings. The minimum absolute atomic E-state index is 0.0470. The first-order chi connectivity index (χ1) is 15.5. The van der Waals surface area contributed by atoms with Gasteiger partial charge in [-0.1, -0.05) is 11.3 Å². The molecule has 0 spiro atoms. The molecule has 4 nitrogen and oxygen atoms in total. The molecule has 0 N–H and O–H groups in total. The lowest BCUT2D eigenvalue weighted by atomic mass is 10.2. The Balaban J connectivity index is 1.49. The predicted molar refractivity (Wildman–Crippen MR) is 121 cm³/mol. The summed E-state index contributed by atoms with van der Waals surface area (Å²) in [7, 11) is 0. The molecule has 2 heterocycles. The van der Waals surface area contributed by atoms with Gasteiger partial charge in [0.05, 0.1) is 11.2 Å². The number of hydrogen-bond donors (Lipinski definition) is 0. The Kier molecular flexibility index (Phi) is 7.06. The first kappa shape index (κ1) is 22.3. The Bertz CT molecular complexity index is 1220. The van der Waals surface area contributed by atoms with Gasteiger partial charge in [-0.15, -0.1) is 11.8 Å². The molecule has 0 radical (unpaired) electrons. The van der Waals surface area contributed by atoms with Crippen molar-refractivity contribution in [2.75, 3.05) is 10.7 Å². The highest BCUT2D eigenvalue weighted by Crippen LogP contribution is 2.32. The number of anilines is 1. The Morgan fingerprint density at radius 2 is 1.75 bits per heavy atom. The number of rotatable bonds is 8. The van der Waals surface area contributed by atoms with Gasteiger partial charge in [0.2, 0.25) is 5.91 Å². The van der Waals surface area contributed by atoms with Crippen LogP contribution in [0.4, 0.5) is 18.3 Å². The summed E-state index contributed by atoms with van der Waals surface area (Å²) in [4.78, 5) is 23.8. The highest BCUT2D eigenvalue weighted by Gasteiger charge is 2.21. The normalized spacial score (nSPS) is 11.1. The summed E-state index contributed by atoms with van der Waals surface area (Å²) in [6.45, 7) is 0.246. The maximum absolute atomic E-state index is 14.2. The van der Waals surface area contributed by atoms with Crippen LogP contribution in [-0.4, -0.2) is 21.6 Å². The standard InChI is InChI=1S/C23H18F3N3OS2/c24-16-3-5-18(6-4-16)31-11-1-2-21(30)29(14-15-7-9-27-10-8-15)23-28-22-19(26)12-17(25)13-20(22)32-23/h3-10,12-13H,1-2,11,14H2. The summed E-state index contributed by atoms with van der Waals surface area (Å²) in [5.41, 5.74) is 0.894. The summed E-state index contributed by atoms with van der Waals surface area (Å²) < 4.78 is 41.1. The van der Waals surface area contributed by atoms with Crippen LogP contribution in [0.5, 0.6) is 0 Å².